The van der Waals surface area contributed by atoms with Crippen molar-refractivity contribution in [1.82, 2.24) is 20.5 Å². The smallest absolute Gasteiger partial charge is 0.0607 e. The van der Waals surface area contributed by atoms with E-state index in [9.17, 15) is 0 Å². The molecule has 0 amide bonds. The Bertz CT molecular complexity index is 917. The first-order valence-corrected chi connectivity index (χ1v) is 13.2. The Kier molecular flexibility index (Phi) is 7.87. The zero-order valence-electron chi connectivity index (χ0n) is 20.0. The lowest BCUT2D eigenvalue weighted by Crippen LogP contribution is -2.46. The van der Waals surface area contributed by atoms with Crippen molar-refractivity contribution < 1.29 is 0 Å². The number of hydrogen-bond donors (Lipinski definition) is 2. The van der Waals surface area contributed by atoms with E-state index in [0.717, 1.165) is 38.6 Å². The molecule has 176 valence electrons. The van der Waals surface area contributed by atoms with Crippen molar-refractivity contribution in [2.24, 2.45) is 0 Å². The molecular formula is C29H40N4. The summed E-state index contributed by atoms with van der Waals surface area (Å²) in [5.41, 5.74) is 5.73. The molecule has 1 fully saturated rings. The molecule has 2 heterocycles. The lowest BCUT2D eigenvalue weighted by atomic mass is 9.89. The molecule has 4 heteroatoms. The summed E-state index contributed by atoms with van der Waals surface area (Å²) in [7, 11) is 0. The molecule has 1 aromatic heterocycles. The quantitative estimate of drug-likeness (QED) is 0.565. The van der Waals surface area contributed by atoms with Crippen molar-refractivity contribution in [2.75, 3.05) is 19.6 Å². The fourth-order valence-corrected chi connectivity index (χ4v) is 6.04. The van der Waals surface area contributed by atoms with Gasteiger partial charge in [-0.15, -0.1) is 0 Å². The van der Waals surface area contributed by atoms with Gasteiger partial charge in [-0.1, -0.05) is 61.7 Å². The van der Waals surface area contributed by atoms with Crippen LogP contribution in [0, 0.1) is 0 Å². The van der Waals surface area contributed by atoms with Gasteiger partial charge in [0.1, 0.15) is 0 Å². The second-order valence-electron chi connectivity index (χ2n) is 10.2. The summed E-state index contributed by atoms with van der Waals surface area (Å²) in [5, 5.41) is 7.57. The predicted octanol–water partition coefficient (Wildman–Crippen LogP) is 4.95. The third kappa shape index (κ3) is 5.92. The van der Waals surface area contributed by atoms with Gasteiger partial charge in [-0.25, -0.2) is 0 Å². The van der Waals surface area contributed by atoms with E-state index in [0.29, 0.717) is 12.1 Å². The predicted molar refractivity (Wildman–Crippen MR) is 136 cm³/mol. The molecule has 1 aromatic carbocycles. The first kappa shape index (κ1) is 22.8. The molecule has 0 saturated heterocycles. The number of nitrogens with zero attached hydrogens (tertiary/aromatic N) is 2. The fraction of sp³-hybridized carbons (Fsp3) is 0.552. The van der Waals surface area contributed by atoms with Gasteiger partial charge in [0, 0.05) is 44.5 Å². The summed E-state index contributed by atoms with van der Waals surface area (Å²) < 4.78 is 0. The van der Waals surface area contributed by atoms with Crippen LogP contribution in [0.2, 0.25) is 0 Å². The number of nitrogens with one attached hydrogen (secondary N) is 2. The summed E-state index contributed by atoms with van der Waals surface area (Å²) in [5.74, 6) is 0. The highest BCUT2D eigenvalue weighted by Crippen LogP contribution is 2.33. The zero-order chi connectivity index (χ0) is 22.3. The Morgan fingerprint density at radius 1 is 0.939 bits per heavy atom. The maximum Gasteiger partial charge on any atom is 0.0607 e. The summed E-state index contributed by atoms with van der Waals surface area (Å²) in [6, 6.07) is 14.9. The van der Waals surface area contributed by atoms with Gasteiger partial charge in [0.25, 0.3) is 0 Å². The van der Waals surface area contributed by atoms with E-state index < -0.39 is 0 Å². The van der Waals surface area contributed by atoms with Gasteiger partial charge in [-0.2, -0.15) is 0 Å². The van der Waals surface area contributed by atoms with Crippen LogP contribution in [0.15, 0.2) is 54.7 Å². The van der Waals surface area contributed by atoms with Crippen LogP contribution in [-0.4, -0.2) is 41.6 Å². The number of aryl methyl sites for hydroxylation is 1. The van der Waals surface area contributed by atoms with Gasteiger partial charge < -0.3 is 10.6 Å². The van der Waals surface area contributed by atoms with Crippen molar-refractivity contribution in [2.45, 2.75) is 82.5 Å². The van der Waals surface area contributed by atoms with Crippen LogP contribution in [0.25, 0.3) is 0 Å². The van der Waals surface area contributed by atoms with E-state index in [4.69, 9.17) is 4.98 Å². The highest BCUT2D eigenvalue weighted by Gasteiger charge is 2.29. The van der Waals surface area contributed by atoms with Crippen LogP contribution in [0.5, 0.6) is 0 Å². The summed E-state index contributed by atoms with van der Waals surface area (Å²) >= 11 is 0. The number of benzene rings is 1. The molecule has 0 radical (unpaired) electrons. The third-order valence-electron chi connectivity index (χ3n) is 7.86. The fourth-order valence-electron chi connectivity index (χ4n) is 6.04. The molecule has 0 spiro atoms. The average Bonchev–Trinajstić information content (AvgIpc) is 2.88. The number of pyridine rings is 1. The van der Waals surface area contributed by atoms with E-state index in [2.05, 4.69) is 64.1 Å². The number of fused-ring (bicyclic) bond motifs is 2. The summed E-state index contributed by atoms with van der Waals surface area (Å²) in [6.45, 7) is 4.03. The van der Waals surface area contributed by atoms with Crippen LogP contribution in [0.4, 0.5) is 0 Å². The van der Waals surface area contributed by atoms with Gasteiger partial charge in [-0.05, 0) is 61.3 Å². The minimum absolute atomic E-state index is 0.421. The third-order valence-corrected chi connectivity index (χ3v) is 7.86. The molecule has 3 aliphatic rings. The molecule has 0 unspecified atom stereocenters. The molecule has 33 heavy (non-hydrogen) atoms. The highest BCUT2D eigenvalue weighted by atomic mass is 15.2. The van der Waals surface area contributed by atoms with Crippen molar-refractivity contribution >= 4 is 0 Å². The highest BCUT2D eigenvalue weighted by molar-refractivity contribution is 5.30. The molecule has 1 aliphatic heterocycles. The Hall–Kier alpha value is -2.01. The van der Waals surface area contributed by atoms with Gasteiger partial charge >= 0.3 is 0 Å². The van der Waals surface area contributed by atoms with Crippen LogP contribution in [0.3, 0.4) is 0 Å². The topological polar surface area (TPSA) is 40.2 Å². The van der Waals surface area contributed by atoms with Crippen LogP contribution < -0.4 is 10.6 Å². The lowest BCUT2D eigenvalue weighted by Gasteiger charge is -2.38. The Balaban J connectivity index is 1.25. The van der Waals surface area contributed by atoms with Crippen LogP contribution in [-0.2, 0) is 19.4 Å². The molecule has 2 aliphatic carbocycles. The minimum Gasteiger partial charge on any atom is -0.311 e. The van der Waals surface area contributed by atoms with E-state index in [1.54, 1.807) is 0 Å². The maximum absolute atomic E-state index is 4.86. The van der Waals surface area contributed by atoms with Gasteiger partial charge in [0.05, 0.1) is 11.7 Å². The SMILES string of the molecule is C(=C\CN(C[C@H]1Cc2ccccc2CN1)[C@H]1CCCc2cccnc21)/CNC1CCCCC1. The monoisotopic (exact) mass is 444 g/mol. The normalized spacial score (nSPS) is 23.5. The van der Waals surface area contributed by atoms with E-state index in [1.807, 2.05) is 6.20 Å². The summed E-state index contributed by atoms with van der Waals surface area (Å²) in [6.07, 6.45) is 18.4. The Morgan fingerprint density at radius 2 is 1.79 bits per heavy atom. The standard InChI is InChI=1S/C29H40N4/c1-2-14-26(15-3-1)30-17-6-7-19-33(28-16-8-12-23-13-9-18-31-29(23)28)22-27-20-24-10-4-5-11-25(24)21-32-27/h4-7,9-11,13,18,26-28,30,32H,1-3,8,12,14-17,19-22H2/b7-6+/t27-,28+/m1/s1. The van der Waals surface area contributed by atoms with Crippen LogP contribution in [0.1, 0.15) is 73.4 Å². The van der Waals surface area contributed by atoms with Crippen molar-refractivity contribution in [3.05, 3.63) is 77.1 Å². The lowest BCUT2D eigenvalue weighted by molar-refractivity contribution is 0.170. The average molecular weight is 445 g/mol. The van der Waals surface area contributed by atoms with Crippen molar-refractivity contribution in [3.63, 3.8) is 0 Å². The summed E-state index contributed by atoms with van der Waals surface area (Å²) in [4.78, 5) is 7.55. The molecule has 5 rings (SSSR count). The maximum atomic E-state index is 4.86. The molecule has 0 bridgehead atoms. The molecule has 2 N–H and O–H groups in total. The Morgan fingerprint density at radius 3 is 2.70 bits per heavy atom. The molecule has 4 nitrogen and oxygen atoms in total. The van der Waals surface area contributed by atoms with Crippen molar-refractivity contribution in [3.8, 4) is 0 Å². The van der Waals surface area contributed by atoms with Gasteiger partial charge in [-0.3, -0.25) is 9.88 Å². The molecule has 2 atom stereocenters. The van der Waals surface area contributed by atoms with Crippen LogP contribution >= 0.6 is 0 Å². The minimum atomic E-state index is 0.421. The first-order chi connectivity index (χ1) is 16.4. The number of hydrogen-bond acceptors (Lipinski definition) is 4. The Labute approximate surface area is 199 Å². The second-order valence-corrected chi connectivity index (χ2v) is 10.2. The molecule has 2 aromatic rings. The zero-order valence-corrected chi connectivity index (χ0v) is 20.0. The van der Waals surface area contributed by atoms with E-state index in [-0.39, 0.29) is 0 Å². The van der Waals surface area contributed by atoms with Crippen molar-refractivity contribution in [1.29, 1.82) is 0 Å². The van der Waals surface area contributed by atoms with E-state index in [1.165, 1.54) is 73.8 Å². The molecular weight excluding hydrogens is 404 g/mol. The largest absolute Gasteiger partial charge is 0.311 e. The first-order valence-electron chi connectivity index (χ1n) is 13.2. The number of rotatable bonds is 8. The van der Waals surface area contributed by atoms with Gasteiger partial charge in [0.15, 0.2) is 0 Å². The van der Waals surface area contributed by atoms with E-state index >= 15 is 0 Å². The second kappa shape index (κ2) is 11.4. The van der Waals surface area contributed by atoms with Gasteiger partial charge in [0.2, 0.25) is 0 Å². The number of aromatic nitrogens is 1. The molecule has 1 saturated carbocycles.